The lowest BCUT2D eigenvalue weighted by atomic mass is 10.4. The van der Waals surface area contributed by atoms with Crippen molar-refractivity contribution < 1.29 is 4.74 Å². The van der Waals surface area contributed by atoms with Crippen LogP contribution in [0.15, 0.2) is 15.5 Å². The van der Waals surface area contributed by atoms with Crippen molar-refractivity contribution in [2.24, 2.45) is 0 Å². The number of hydrogen-bond donors (Lipinski definition) is 1. The van der Waals surface area contributed by atoms with Gasteiger partial charge in [0, 0.05) is 20.1 Å². The quantitative estimate of drug-likeness (QED) is 0.638. The maximum absolute atomic E-state index is 11.9. The lowest BCUT2D eigenvalue weighted by Crippen LogP contribution is -2.26. The van der Waals surface area contributed by atoms with E-state index in [2.05, 4.69) is 38.2 Å². The fourth-order valence-corrected chi connectivity index (χ4v) is 1.76. The Morgan fingerprint density at radius 2 is 2.39 bits per heavy atom. The molecule has 5 nitrogen and oxygen atoms in total. The zero-order valence-electron chi connectivity index (χ0n) is 10.5. The minimum Gasteiger partial charge on any atom is -0.383 e. The van der Waals surface area contributed by atoms with Crippen molar-refractivity contribution in [2.45, 2.75) is 19.9 Å². The normalized spacial score (nSPS) is 9.72. The van der Waals surface area contributed by atoms with Gasteiger partial charge in [0.2, 0.25) is 0 Å². The number of nitrogens with zero attached hydrogens (tertiary/aromatic N) is 2. The molecule has 1 heterocycles. The molecule has 0 bridgehead atoms. The Morgan fingerprint density at radius 1 is 1.61 bits per heavy atom. The maximum atomic E-state index is 11.9. The number of anilines is 1. The SMILES string of the molecule is CC#CCCNc1cnn(CCOC)c(=O)c1Br. The second-order valence-electron chi connectivity index (χ2n) is 3.50. The summed E-state index contributed by atoms with van der Waals surface area (Å²) >= 11 is 3.28. The van der Waals surface area contributed by atoms with Crippen molar-refractivity contribution in [3.63, 3.8) is 0 Å². The largest absolute Gasteiger partial charge is 0.383 e. The third-order valence-electron chi connectivity index (χ3n) is 2.23. The second kappa shape index (κ2) is 7.90. The van der Waals surface area contributed by atoms with Gasteiger partial charge in [-0.05, 0) is 22.9 Å². The monoisotopic (exact) mass is 313 g/mol. The summed E-state index contributed by atoms with van der Waals surface area (Å²) in [7, 11) is 1.59. The van der Waals surface area contributed by atoms with E-state index in [0.717, 1.165) is 6.42 Å². The number of rotatable bonds is 6. The van der Waals surface area contributed by atoms with E-state index >= 15 is 0 Å². The minimum atomic E-state index is -0.168. The molecule has 0 radical (unpaired) electrons. The summed E-state index contributed by atoms with van der Waals surface area (Å²) in [6, 6.07) is 0. The Bertz CT molecular complexity index is 502. The summed E-state index contributed by atoms with van der Waals surface area (Å²) in [5.41, 5.74) is 0.519. The molecule has 98 valence electrons. The molecule has 6 heteroatoms. The number of ether oxygens (including phenoxy) is 1. The predicted octanol–water partition coefficient (Wildman–Crippen LogP) is 1.48. The van der Waals surface area contributed by atoms with Crippen LogP contribution in [0, 0.1) is 11.8 Å². The van der Waals surface area contributed by atoms with Crippen LogP contribution in [0.2, 0.25) is 0 Å². The van der Waals surface area contributed by atoms with Gasteiger partial charge in [-0.25, -0.2) is 4.68 Å². The fraction of sp³-hybridized carbons (Fsp3) is 0.500. The molecule has 0 aromatic carbocycles. The van der Waals surface area contributed by atoms with E-state index in [1.54, 1.807) is 20.2 Å². The van der Waals surface area contributed by atoms with Gasteiger partial charge in [-0.3, -0.25) is 4.79 Å². The number of methoxy groups -OCH3 is 1. The fourth-order valence-electron chi connectivity index (χ4n) is 1.31. The topological polar surface area (TPSA) is 56.1 Å². The molecule has 0 atom stereocenters. The van der Waals surface area contributed by atoms with E-state index < -0.39 is 0 Å². The third-order valence-corrected chi connectivity index (χ3v) is 3.00. The highest BCUT2D eigenvalue weighted by molar-refractivity contribution is 9.10. The molecule has 1 aromatic heterocycles. The first-order valence-corrected chi connectivity index (χ1v) is 6.38. The molecule has 0 aliphatic carbocycles. The molecule has 0 amide bonds. The molecule has 0 saturated carbocycles. The van der Waals surface area contributed by atoms with Gasteiger partial charge in [0.25, 0.3) is 5.56 Å². The number of hydrogen-bond acceptors (Lipinski definition) is 4. The van der Waals surface area contributed by atoms with Crippen molar-refractivity contribution in [1.29, 1.82) is 0 Å². The maximum Gasteiger partial charge on any atom is 0.283 e. The van der Waals surface area contributed by atoms with Gasteiger partial charge in [-0.2, -0.15) is 5.10 Å². The molecular weight excluding hydrogens is 298 g/mol. The highest BCUT2D eigenvalue weighted by atomic mass is 79.9. The van der Waals surface area contributed by atoms with E-state index in [1.165, 1.54) is 4.68 Å². The molecule has 1 rings (SSSR count). The van der Waals surface area contributed by atoms with Crippen molar-refractivity contribution in [3.8, 4) is 11.8 Å². The molecule has 1 aromatic rings. The van der Waals surface area contributed by atoms with Gasteiger partial charge in [-0.1, -0.05) is 0 Å². The number of aromatic nitrogens is 2. The van der Waals surface area contributed by atoms with Crippen molar-refractivity contribution >= 4 is 21.6 Å². The first-order chi connectivity index (χ1) is 8.70. The van der Waals surface area contributed by atoms with E-state index in [9.17, 15) is 4.79 Å². The van der Waals surface area contributed by atoms with Crippen LogP contribution in [0.5, 0.6) is 0 Å². The van der Waals surface area contributed by atoms with Crippen LogP contribution in [0.4, 0.5) is 5.69 Å². The Morgan fingerprint density at radius 3 is 3.06 bits per heavy atom. The van der Waals surface area contributed by atoms with Crippen molar-refractivity contribution in [3.05, 3.63) is 21.0 Å². The van der Waals surface area contributed by atoms with Crippen LogP contribution in [-0.4, -0.2) is 30.0 Å². The lowest BCUT2D eigenvalue weighted by Gasteiger charge is -2.09. The summed E-state index contributed by atoms with van der Waals surface area (Å²) in [6.07, 6.45) is 2.36. The Hall–Kier alpha value is -1.32. The molecule has 0 fully saturated rings. The van der Waals surface area contributed by atoms with Gasteiger partial charge < -0.3 is 10.1 Å². The first kappa shape index (κ1) is 14.7. The second-order valence-corrected chi connectivity index (χ2v) is 4.29. The standard InChI is InChI=1S/C12H16BrN3O2/c1-3-4-5-6-14-10-9-15-16(7-8-18-2)12(17)11(10)13/h9,14H,5-8H2,1-2H3. The summed E-state index contributed by atoms with van der Waals surface area (Å²) in [5.74, 6) is 5.76. The van der Waals surface area contributed by atoms with E-state index in [0.29, 0.717) is 29.9 Å². The van der Waals surface area contributed by atoms with Crippen LogP contribution in [-0.2, 0) is 11.3 Å². The molecule has 0 aliphatic heterocycles. The van der Waals surface area contributed by atoms with Gasteiger partial charge in [0.05, 0.1) is 25.0 Å². The van der Waals surface area contributed by atoms with Crippen molar-refractivity contribution in [1.82, 2.24) is 9.78 Å². The molecule has 0 saturated heterocycles. The molecule has 0 aliphatic rings. The average Bonchev–Trinajstić information content (AvgIpc) is 2.38. The number of nitrogens with one attached hydrogen (secondary N) is 1. The van der Waals surface area contributed by atoms with E-state index in [-0.39, 0.29) is 5.56 Å². The van der Waals surface area contributed by atoms with Crippen LogP contribution in [0.25, 0.3) is 0 Å². The highest BCUT2D eigenvalue weighted by Gasteiger charge is 2.07. The predicted molar refractivity (Wildman–Crippen MR) is 74.6 cm³/mol. The third kappa shape index (κ3) is 4.17. The van der Waals surface area contributed by atoms with Crippen LogP contribution in [0.3, 0.4) is 0 Å². The van der Waals surface area contributed by atoms with E-state index in [4.69, 9.17) is 4.74 Å². The molecule has 0 unspecified atom stereocenters. The van der Waals surface area contributed by atoms with Crippen LogP contribution < -0.4 is 10.9 Å². The number of halogens is 1. The first-order valence-electron chi connectivity index (χ1n) is 5.58. The zero-order valence-corrected chi connectivity index (χ0v) is 12.1. The van der Waals surface area contributed by atoms with Gasteiger partial charge >= 0.3 is 0 Å². The Labute approximate surface area is 115 Å². The summed E-state index contributed by atoms with van der Waals surface area (Å²) in [6.45, 7) is 3.38. The molecule has 18 heavy (non-hydrogen) atoms. The van der Waals surface area contributed by atoms with E-state index in [1.807, 2.05) is 0 Å². The van der Waals surface area contributed by atoms with Gasteiger partial charge in [0.15, 0.2) is 0 Å². The Kier molecular flexibility index (Phi) is 6.47. The minimum absolute atomic E-state index is 0.168. The summed E-state index contributed by atoms with van der Waals surface area (Å²) in [4.78, 5) is 11.9. The average molecular weight is 314 g/mol. The zero-order chi connectivity index (χ0) is 13.4. The lowest BCUT2D eigenvalue weighted by molar-refractivity contribution is 0.181. The molecular formula is C12H16BrN3O2. The Balaban J connectivity index is 2.73. The van der Waals surface area contributed by atoms with Crippen LogP contribution in [0.1, 0.15) is 13.3 Å². The highest BCUT2D eigenvalue weighted by Crippen LogP contribution is 2.15. The van der Waals surface area contributed by atoms with Gasteiger partial charge in [-0.15, -0.1) is 11.8 Å². The van der Waals surface area contributed by atoms with Crippen LogP contribution >= 0.6 is 15.9 Å². The summed E-state index contributed by atoms with van der Waals surface area (Å²) in [5, 5.41) is 7.19. The molecule has 0 spiro atoms. The van der Waals surface area contributed by atoms with Crippen molar-refractivity contribution in [2.75, 3.05) is 25.6 Å². The smallest absolute Gasteiger partial charge is 0.283 e. The van der Waals surface area contributed by atoms with Gasteiger partial charge in [0.1, 0.15) is 4.47 Å². The molecule has 1 N–H and O–H groups in total. The summed E-state index contributed by atoms with van der Waals surface area (Å²) < 4.78 is 6.77.